The lowest BCUT2D eigenvalue weighted by Gasteiger charge is -2.17. The molecule has 0 aromatic heterocycles. The molecule has 0 bridgehead atoms. The van der Waals surface area contributed by atoms with Crippen LogP contribution in [0.5, 0.6) is 11.5 Å². The van der Waals surface area contributed by atoms with E-state index in [1.54, 1.807) is 0 Å². The van der Waals surface area contributed by atoms with Gasteiger partial charge in [0, 0.05) is 5.92 Å². The summed E-state index contributed by atoms with van der Waals surface area (Å²) in [6.45, 7) is 0.106. The van der Waals surface area contributed by atoms with Crippen LogP contribution < -0.4 is 14.8 Å². The summed E-state index contributed by atoms with van der Waals surface area (Å²) < 4.78 is 15.8. The summed E-state index contributed by atoms with van der Waals surface area (Å²) in [7, 11) is 2.74. The highest BCUT2D eigenvalue weighted by atomic mass is 16.5. The molecule has 0 unspecified atom stereocenters. The van der Waals surface area contributed by atoms with Gasteiger partial charge in [0.25, 0.3) is 0 Å². The molecule has 158 valence electrons. The zero-order valence-electron chi connectivity index (χ0n) is 17.0. The Balaban J connectivity index is 1.57. The summed E-state index contributed by atoms with van der Waals surface area (Å²) in [6, 6.07) is 19.0. The van der Waals surface area contributed by atoms with Crippen molar-refractivity contribution in [1.82, 2.24) is 0 Å². The lowest BCUT2D eigenvalue weighted by molar-refractivity contribution is 0.0694. The fourth-order valence-corrected chi connectivity index (χ4v) is 3.98. The third-order valence-electron chi connectivity index (χ3n) is 5.35. The van der Waals surface area contributed by atoms with Gasteiger partial charge in [0.1, 0.15) is 29.4 Å². The summed E-state index contributed by atoms with van der Waals surface area (Å²) in [6.07, 6.45) is -0.782. The molecule has 0 fully saturated rings. The highest BCUT2D eigenvalue weighted by Gasteiger charge is 2.29. The van der Waals surface area contributed by atoms with Crippen LogP contribution in [0.4, 0.5) is 10.5 Å². The molecule has 0 saturated carbocycles. The van der Waals surface area contributed by atoms with Crippen molar-refractivity contribution in [2.75, 3.05) is 26.1 Å². The maximum atomic E-state index is 12.6. The van der Waals surface area contributed by atoms with E-state index in [0.717, 1.165) is 22.3 Å². The number of carboxylic acids is 1. The molecule has 3 aromatic rings. The lowest BCUT2D eigenvalue weighted by Crippen LogP contribution is -2.20. The molecule has 0 spiro atoms. The molecule has 31 heavy (non-hydrogen) atoms. The maximum Gasteiger partial charge on any atom is 0.411 e. The van der Waals surface area contributed by atoms with Gasteiger partial charge < -0.3 is 19.3 Å². The molecule has 0 radical (unpaired) electrons. The second kappa shape index (κ2) is 8.39. The van der Waals surface area contributed by atoms with Gasteiger partial charge in [-0.2, -0.15) is 0 Å². The molecule has 1 amide bonds. The van der Waals surface area contributed by atoms with Crippen LogP contribution in [0.15, 0.2) is 60.7 Å². The average Bonchev–Trinajstić information content (AvgIpc) is 3.11. The molecular weight excluding hydrogens is 398 g/mol. The van der Waals surface area contributed by atoms with Crippen LogP contribution in [0.2, 0.25) is 0 Å². The minimum atomic E-state index is -1.26. The van der Waals surface area contributed by atoms with Crippen LogP contribution in [0, 0.1) is 0 Å². The molecule has 1 aliphatic rings. The number of methoxy groups -OCH3 is 2. The standard InChI is InChI=1S/C24H21NO6/c1-29-19-11-12-20(30-2)22(21(19)23(26)27)25-24(28)31-13-18-16-9-5-3-7-14(16)15-8-4-6-10-17(15)18/h3-12,18H,13H2,1-2H3,(H,25,28)(H,26,27). The number of carbonyl (C=O) groups is 2. The first-order valence-electron chi connectivity index (χ1n) is 9.65. The maximum absolute atomic E-state index is 12.6. The summed E-state index contributed by atoms with van der Waals surface area (Å²) in [4.78, 5) is 24.4. The Morgan fingerprint density at radius 3 is 1.97 bits per heavy atom. The van der Waals surface area contributed by atoms with Crippen molar-refractivity contribution in [2.24, 2.45) is 0 Å². The van der Waals surface area contributed by atoms with E-state index in [4.69, 9.17) is 14.2 Å². The van der Waals surface area contributed by atoms with Crippen LogP contribution in [0.1, 0.15) is 27.4 Å². The van der Waals surface area contributed by atoms with Crippen molar-refractivity contribution in [3.63, 3.8) is 0 Å². The van der Waals surface area contributed by atoms with Crippen molar-refractivity contribution in [3.05, 3.63) is 77.4 Å². The Kier molecular flexibility index (Phi) is 5.49. The monoisotopic (exact) mass is 419 g/mol. The minimum absolute atomic E-state index is 0.0217. The predicted molar refractivity (Wildman–Crippen MR) is 115 cm³/mol. The van der Waals surface area contributed by atoms with Crippen molar-refractivity contribution < 1.29 is 28.9 Å². The summed E-state index contributed by atoms with van der Waals surface area (Å²) in [5.41, 5.74) is 4.18. The van der Waals surface area contributed by atoms with E-state index in [9.17, 15) is 14.7 Å². The van der Waals surface area contributed by atoms with E-state index in [2.05, 4.69) is 17.4 Å². The van der Waals surface area contributed by atoms with E-state index in [1.165, 1.54) is 26.4 Å². The van der Waals surface area contributed by atoms with E-state index in [1.807, 2.05) is 36.4 Å². The van der Waals surface area contributed by atoms with Crippen molar-refractivity contribution in [1.29, 1.82) is 0 Å². The molecule has 0 saturated heterocycles. The highest BCUT2D eigenvalue weighted by molar-refractivity contribution is 6.03. The Hall–Kier alpha value is -4.00. The number of fused-ring (bicyclic) bond motifs is 3. The SMILES string of the molecule is COc1ccc(OC)c(C(=O)O)c1NC(=O)OCC1c2ccccc2-c2ccccc21. The number of carboxylic acid groups (broad SMARTS) is 1. The number of aromatic carboxylic acids is 1. The topological polar surface area (TPSA) is 94.1 Å². The molecule has 0 aliphatic heterocycles. The smallest absolute Gasteiger partial charge is 0.411 e. The predicted octanol–water partition coefficient (Wildman–Crippen LogP) is 4.76. The Bertz CT molecular complexity index is 1110. The first-order valence-corrected chi connectivity index (χ1v) is 9.65. The van der Waals surface area contributed by atoms with Gasteiger partial charge in [-0.3, -0.25) is 5.32 Å². The molecule has 0 atom stereocenters. The number of nitrogens with one attached hydrogen (secondary N) is 1. The van der Waals surface area contributed by atoms with Crippen molar-refractivity contribution in [2.45, 2.75) is 5.92 Å². The Morgan fingerprint density at radius 2 is 1.42 bits per heavy atom. The molecule has 7 heteroatoms. The number of hydrogen-bond acceptors (Lipinski definition) is 5. The molecular formula is C24H21NO6. The van der Waals surface area contributed by atoms with Gasteiger partial charge in [0.05, 0.1) is 14.2 Å². The summed E-state index contributed by atoms with van der Waals surface area (Å²) in [5.74, 6) is -1.08. The quantitative estimate of drug-likeness (QED) is 0.598. The number of benzene rings is 3. The van der Waals surface area contributed by atoms with E-state index < -0.39 is 12.1 Å². The number of rotatable bonds is 6. The number of carbonyl (C=O) groups excluding carboxylic acids is 1. The number of hydrogen-bond donors (Lipinski definition) is 2. The number of ether oxygens (including phenoxy) is 3. The number of anilines is 1. The van der Waals surface area contributed by atoms with Gasteiger partial charge in [-0.15, -0.1) is 0 Å². The van der Waals surface area contributed by atoms with Crippen molar-refractivity contribution in [3.8, 4) is 22.6 Å². The second-order valence-electron chi connectivity index (χ2n) is 6.98. The van der Waals surface area contributed by atoms with Gasteiger partial charge in [0.2, 0.25) is 0 Å². The summed E-state index contributed by atoms with van der Waals surface area (Å²) >= 11 is 0. The molecule has 1 aliphatic carbocycles. The average molecular weight is 419 g/mol. The van der Waals surface area contributed by atoms with Crippen molar-refractivity contribution >= 4 is 17.7 Å². The third kappa shape index (κ3) is 3.66. The van der Waals surface area contributed by atoms with E-state index in [0.29, 0.717) is 0 Å². The van der Waals surface area contributed by atoms with Gasteiger partial charge in [-0.05, 0) is 34.4 Å². The van der Waals surface area contributed by atoms with Gasteiger partial charge >= 0.3 is 12.1 Å². The third-order valence-corrected chi connectivity index (χ3v) is 5.35. The second-order valence-corrected chi connectivity index (χ2v) is 6.98. The highest BCUT2D eigenvalue weighted by Crippen LogP contribution is 2.44. The largest absolute Gasteiger partial charge is 0.496 e. The van der Waals surface area contributed by atoms with Gasteiger partial charge in [-0.25, -0.2) is 9.59 Å². The fraction of sp³-hybridized carbons (Fsp3) is 0.167. The van der Waals surface area contributed by atoms with Crippen LogP contribution in [-0.4, -0.2) is 38.0 Å². The van der Waals surface area contributed by atoms with Gasteiger partial charge in [0.15, 0.2) is 0 Å². The van der Waals surface area contributed by atoms with E-state index >= 15 is 0 Å². The minimum Gasteiger partial charge on any atom is -0.496 e. The van der Waals surface area contributed by atoms with Crippen LogP contribution in [-0.2, 0) is 4.74 Å². The molecule has 3 aromatic carbocycles. The Morgan fingerprint density at radius 1 is 0.871 bits per heavy atom. The van der Waals surface area contributed by atoms with Crippen LogP contribution in [0.3, 0.4) is 0 Å². The van der Waals surface area contributed by atoms with Crippen LogP contribution >= 0.6 is 0 Å². The molecule has 2 N–H and O–H groups in total. The fourth-order valence-electron chi connectivity index (χ4n) is 3.98. The first kappa shape index (κ1) is 20.3. The Labute approximate surface area is 179 Å². The molecule has 7 nitrogen and oxygen atoms in total. The van der Waals surface area contributed by atoms with Crippen LogP contribution in [0.25, 0.3) is 11.1 Å². The van der Waals surface area contributed by atoms with E-state index in [-0.39, 0.29) is 35.3 Å². The lowest BCUT2D eigenvalue weighted by atomic mass is 9.98. The zero-order valence-corrected chi connectivity index (χ0v) is 17.0. The summed E-state index contributed by atoms with van der Waals surface area (Å²) in [5, 5.41) is 12.1. The normalized spacial score (nSPS) is 11.9. The van der Waals surface area contributed by atoms with Gasteiger partial charge in [-0.1, -0.05) is 48.5 Å². The molecule has 0 heterocycles. The number of amides is 1. The zero-order chi connectivity index (χ0) is 22.0. The first-order chi connectivity index (χ1) is 15.0. The molecule has 4 rings (SSSR count).